The zero-order valence-corrected chi connectivity index (χ0v) is 43.9. The molecule has 0 aliphatic rings. The maximum atomic E-state index is 12.9. The van der Waals surface area contributed by atoms with Gasteiger partial charge in [0, 0.05) is 6.42 Å². The molecule has 0 saturated heterocycles. The molecule has 0 bridgehead atoms. The number of hydrogen-bond donors (Lipinski definition) is 2. The van der Waals surface area contributed by atoms with Crippen molar-refractivity contribution in [1.29, 1.82) is 0 Å². The molecule has 0 aliphatic heterocycles. The smallest absolute Gasteiger partial charge is 0.268 e. The number of nitrogens with zero attached hydrogens (tertiary/aromatic N) is 1. The highest BCUT2D eigenvalue weighted by molar-refractivity contribution is 7.45. The van der Waals surface area contributed by atoms with E-state index in [1.54, 1.807) is 6.08 Å². The van der Waals surface area contributed by atoms with Crippen LogP contribution in [0.5, 0.6) is 0 Å². The van der Waals surface area contributed by atoms with E-state index in [1.165, 1.54) is 199 Å². The number of aliphatic hydroxyl groups is 1. The summed E-state index contributed by atoms with van der Waals surface area (Å²) in [5, 5.41) is 13.8. The number of hydrogen-bond acceptors (Lipinski definition) is 6. The van der Waals surface area contributed by atoms with Crippen LogP contribution < -0.4 is 10.2 Å². The number of quaternary nitrogens is 1. The highest BCUT2D eigenvalue weighted by atomic mass is 31.2. The lowest BCUT2D eigenvalue weighted by Gasteiger charge is -2.29. The highest BCUT2D eigenvalue weighted by Crippen LogP contribution is 2.38. The van der Waals surface area contributed by atoms with E-state index in [0.717, 1.165) is 38.5 Å². The first-order valence-electron chi connectivity index (χ1n) is 27.4. The van der Waals surface area contributed by atoms with E-state index >= 15 is 0 Å². The molecule has 9 heteroatoms. The van der Waals surface area contributed by atoms with Crippen LogP contribution in [0.3, 0.4) is 0 Å². The van der Waals surface area contributed by atoms with Gasteiger partial charge in [0.15, 0.2) is 0 Å². The minimum Gasteiger partial charge on any atom is -0.756 e. The molecule has 64 heavy (non-hydrogen) atoms. The molecule has 0 aromatic carbocycles. The maximum absolute atomic E-state index is 12.9. The summed E-state index contributed by atoms with van der Waals surface area (Å²) in [6, 6.07) is -0.905. The Morgan fingerprint density at radius 2 is 0.875 bits per heavy atom. The van der Waals surface area contributed by atoms with Crippen LogP contribution in [0.1, 0.15) is 258 Å². The number of nitrogens with one attached hydrogen (secondary N) is 1. The van der Waals surface area contributed by atoms with E-state index in [9.17, 15) is 19.4 Å². The largest absolute Gasteiger partial charge is 0.756 e. The van der Waals surface area contributed by atoms with Crippen molar-refractivity contribution in [3.8, 4) is 0 Å². The first-order valence-corrected chi connectivity index (χ1v) is 28.8. The fourth-order valence-corrected chi connectivity index (χ4v) is 8.71. The standard InChI is InChI=1S/C55H107N2O6P/c1-6-8-10-12-14-16-18-20-22-24-25-26-27-28-29-30-31-33-34-36-38-40-42-44-46-48-54(58)53(52-63-64(60,61)62-51-50-57(3,4)5)56-55(59)49-47-45-43-41-39-37-35-32-23-21-19-17-15-13-11-9-7-2/h21,23,38,40,46,48,53-54,58H,6-20,22,24-37,39,41-45,47,49-52H2,1-5H3,(H-,56,59,60,61)/b23-21-,40-38+,48-46+. The molecule has 0 spiro atoms. The predicted octanol–water partition coefficient (Wildman–Crippen LogP) is 15.6. The normalized spacial score (nSPS) is 14.3. The van der Waals surface area contributed by atoms with Gasteiger partial charge in [0.25, 0.3) is 7.82 Å². The number of likely N-dealkylation sites (N-methyl/N-ethyl adjacent to an activating group) is 1. The average molecular weight is 923 g/mol. The lowest BCUT2D eigenvalue weighted by atomic mass is 10.0. The third kappa shape index (κ3) is 48.6. The topological polar surface area (TPSA) is 108 Å². The zero-order valence-electron chi connectivity index (χ0n) is 43.0. The fraction of sp³-hybridized carbons (Fsp3) is 0.873. The Balaban J connectivity index is 4.28. The number of aliphatic hydroxyl groups excluding tert-OH is 1. The number of allylic oxidation sites excluding steroid dienone is 5. The van der Waals surface area contributed by atoms with Crippen LogP contribution in [-0.2, 0) is 18.4 Å². The summed E-state index contributed by atoms with van der Waals surface area (Å²) in [6.45, 7) is 4.64. The molecule has 3 atom stereocenters. The second-order valence-electron chi connectivity index (χ2n) is 19.9. The SMILES string of the molecule is CCCCCCCC/C=C\CCCCCCCCCC(=O)NC(COP(=O)([O-])OCC[N+](C)(C)C)C(O)/C=C/CC/C=C/CCCCCCCCCCCCCCCCCCCCC. The monoisotopic (exact) mass is 923 g/mol. The van der Waals surface area contributed by atoms with Gasteiger partial charge in [-0.25, -0.2) is 0 Å². The van der Waals surface area contributed by atoms with E-state index in [0.29, 0.717) is 17.4 Å². The van der Waals surface area contributed by atoms with Crippen molar-refractivity contribution in [2.24, 2.45) is 0 Å². The van der Waals surface area contributed by atoms with E-state index in [2.05, 4.69) is 43.5 Å². The Hall–Kier alpha value is -1.28. The second kappa shape index (κ2) is 46.8. The van der Waals surface area contributed by atoms with Gasteiger partial charge in [0.2, 0.25) is 5.91 Å². The van der Waals surface area contributed by atoms with Crippen molar-refractivity contribution >= 4 is 13.7 Å². The zero-order chi connectivity index (χ0) is 47.1. The fourth-order valence-electron chi connectivity index (χ4n) is 7.99. The first kappa shape index (κ1) is 62.7. The molecular formula is C55H107N2O6P. The number of amides is 1. The summed E-state index contributed by atoms with van der Waals surface area (Å²) >= 11 is 0. The Kier molecular flexibility index (Phi) is 45.9. The van der Waals surface area contributed by atoms with Gasteiger partial charge in [-0.1, -0.05) is 230 Å². The number of phosphoric acid groups is 1. The summed E-state index contributed by atoms with van der Waals surface area (Å²) in [6.07, 6.45) is 59.3. The number of rotatable bonds is 50. The Bertz CT molecular complexity index is 1140. The molecular weight excluding hydrogens is 816 g/mol. The van der Waals surface area contributed by atoms with E-state index in [-0.39, 0.29) is 12.5 Å². The molecule has 378 valence electrons. The molecule has 0 aliphatic carbocycles. The quantitative estimate of drug-likeness (QED) is 0.0272. The number of unbranched alkanes of at least 4 members (excludes halogenated alkanes) is 33. The van der Waals surface area contributed by atoms with Gasteiger partial charge in [-0.15, -0.1) is 0 Å². The molecule has 0 heterocycles. The van der Waals surface area contributed by atoms with Gasteiger partial charge >= 0.3 is 0 Å². The van der Waals surface area contributed by atoms with Crippen LogP contribution in [-0.4, -0.2) is 68.5 Å². The number of carbonyl (C=O) groups is 1. The molecule has 0 saturated carbocycles. The third-order valence-corrected chi connectivity index (χ3v) is 13.3. The number of phosphoric ester groups is 1. The van der Waals surface area contributed by atoms with Crippen molar-refractivity contribution in [1.82, 2.24) is 5.32 Å². The van der Waals surface area contributed by atoms with Crippen LogP contribution >= 0.6 is 7.82 Å². The third-order valence-electron chi connectivity index (χ3n) is 12.3. The van der Waals surface area contributed by atoms with Gasteiger partial charge in [-0.3, -0.25) is 9.36 Å². The van der Waals surface area contributed by atoms with Gasteiger partial charge < -0.3 is 28.8 Å². The number of carbonyl (C=O) groups excluding carboxylic acids is 1. The van der Waals surface area contributed by atoms with Crippen LogP contribution in [0.2, 0.25) is 0 Å². The van der Waals surface area contributed by atoms with Gasteiger partial charge in [-0.2, -0.15) is 0 Å². The van der Waals surface area contributed by atoms with Crippen molar-refractivity contribution in [3.05, 3.63) is 36.5 Å². The van der Waals surface area contributed by atoms with Crippen LogP contribution in [0.15, 0.2) is 36.5 Å². The van der Waals surface area contributed by atoms with Crippen molar-refractivity contribution < 1.29 is 32.9 Å². The first-order chi connectivity index (χ1) is 31.0. The Morgan fingerprint density at radius 1 is 0.531 bits per heavy atom. The van der Waals surface area contributed by atoms with Gasteiger partial charge in [0.05, 0.1) is 39.9 Å². The Labute approximate surface area is 397 Å². The molecule has 0 fully saturated rings. The van der Waals surface area contributed by atoms with Crippen molar-refractivity contribution in [2.75, 3.05) is 40.9 Å². The predicted molar refractivity (Wildman–Crippen MR) is 275 cm³/mol. The lowest BCUT2D eigenvalue weighted by molar-refractivity contribution is -0.870. The molecule has 1 amide bonds. The summed E-state index contributed by atoms with van der Waals surface area (Å²) in [5.74, 6) is -0.210. The van der Waals surface area contributed by atoms with E-state index < -0.39 is 26.6 Å². The van der Waals surface area contributed by atoms with Gasteiger partial charge in [-0.05, 0) is 57.8 Å². The summed E-state index contributed by atoms with van der Waals surface area (Å²) < 4.78 is 23.3. The minimum atomic E-state index is -4.60. The van der Waals surface area contributed by atoms with E-state index in [4.69, 9.17) is 9.05 Å². The van der Waals surface area contributed by atoms with Crippen LogP contribution in [0.25, 0.3) is 0 Å². The highest BCUT2D eigenvalue weighted by Gasteiger charge is 2.23. The molecule has 8 nitrogen and oxygen atoms in total. The maximum Gasteiger partial charge on any atom is 0.268 e. The van der Waals surface area contributed by atoms with Gasteiger partial charge in [0.1, 0.15) is 13.2 Å². The molecule has 0 rings (SSSR count). The van der Waals surface area contributed by atoms with E-state index in [1.807, 2.05) is 27.2 Å². The van der Waals surface area contributed by atoms with Crippen molar-refractivity contribution in [3.63, 3.8) is 0 Å². The van der Waals surface area contributed by atoms with Crippen molar-refractivity contribution in [2.45, 2.75) is 270 Å². The molecule has 2 N–H and O–H groups in total. The van der Waals surface area contributed by atoms with Crippen LogP contribution in [0, 0.1) is 0 Å². The molecule has 0 aromatic rings. The molecule has 0 aromatic heterocycles. The molecule has 0 radical (unpaired) electrons. The minimum absolute atomic E-state index is 0.00675. The second-order valence-corrected chi connectivity index (χ2v) is 21.3. The average Bonchev–Trinajstić information content (AvgIpc) is 3.25. The summed E-state index contributed by atoms with van der Waals surface area (Å²) in [5.41, 5.74) is 0. The summed E-state index contributed by atoms with van der Waals surface area (Å²) in [7, 11) is 1.25. The summed E-state index contributed by atoms with van der Waals surface area (Å²) in [4.78, 5) is 25.4. The molecule has 3 unspecified atom stereocenters. The Morgan fingerprint density at radius 3 is 1.27 bits per heavy atom. The van der Waals surface area contributed by atoms with Crippen LogP contribution in [0.4, 0.5) is 0 Å². The lowest BCUT2D eigenvalue weighted by Crippen LogP contribution is -2.45.